The van der Waals surface area contributed by atoms with Crippen molar-refractivity contribution in [3.05, 3.63) is 53.6 Å². The first-order valence-corrected chi connectivity index (χ1v) is 7.86. The number of nitrogens with one attached hydrogen (secondary N) is 1. The topological polar surface area (TPSA) is 58.4 Å². The summed E-state index contributed by atoms with van der Waals surface area (Å²) in [5.74, 6) is 0.0974. The third kappa shape index (κ3) is 2.44. The standard InChI is InChI=1S/C19H23N3O/c1-12(13-8-6-5-7-9-13)21-16-11-17-14(10-15(16)20)19(2,3)18(23)22(17)4/h5-12,21H,20H2,1-4H3/t12-/m0/s1. The lowest BCUT2D eigenvalue weighted by Crippen LogP contribution is -2.33. The van der Waals surface area contributed by atoms with Crippen LogP contribution in [-0.2, 0) is 10.2 Å². The molecule has 3 N–H and O–H groups in total. The first kappa shape index (κ1) is 15.4. The summed E-state index contributed by atoms with van der Waals surface area (Å²) in [7, 11) is 1.82. The molecule has 0 fully saturated rings. The van der Waals surface area contributed by atoms with Gasteiger partial charge in [0.15, 0.2) is 0 Å². The molecule has 1 aliphatic heterocycles. The molecule has 1 heterocycles. The van der Waals surface area contributed by atoms with Crippen LogP contribution < -0.4 is 16.0 Å². The molecule has 0 radical (unpaired) electrons. The summed E-state index contributed by atoms with van der Waals surface area (Å²) in [5.41, 5.74) is 10.3. The average molecular weight is 309 g/mol. The highest BCUT2D eigenvalue weighted by molar-refractivity contribution is 6.08. The quantitative estimate of drug-likeness (QED) is 0.850. The molecule has 0 spiro atoms. The highest BCUT2D eigenvalue weighted by Gasteiger charge is 2.42. The lowest BCUT2D eigenvalue weighted by molar-refractivity contribution is -0.121. The van der Waals surface area contributed by atoms with Gasteiger partial charge in [-0.05, 0) is 44.0 Å². The van der Waals surface area contributed by atoms with Crippen LogP contribution in [0.2, 0.25) is 0 Å². The summed E-state index contributed by atoms with van der Waals surface area (Å²) in [6, 6.07) is 14.3. The number of anilines is 3. The van der Waals surface area contributed by atoms with Crippen LogP contribution in [0.1, 0.15) is 37.9 Å². The predicted molar refractivity (Wildman–Crippen MR) is 95.8 cm³/mol. The fraction of sp³-hybridized carbons (Fsp3) is 0.316. The number of nitrogens with zero attached hydrogens (tertiary/aromatic N) is 1. The molecule has 0 bridgehead atoms. The Morgan fingerprint density at radius 3 is 2.48 bits per heavy atom. The van der Waals surface area contributed by atoms with Gasteiger partial charge in [-0.3, -0.25) is 4.79 Å². The number of amides is 1. The number of likely N-dealkylation sites (N-methyl/N-ethyl adjacent to an activating group) is 1. The van der Waals surface area contributed by atoms with Gasteiger partial charge < -0.3 is 16.0 Å². The first-order chi connectivity index (χ1) is 10.8. The number of hydrogen-bond acceptors (Lipinski definition) is 3. The van der Waals surface area contributed by atoms with Gasteiger partial charge in [0, 0.05) is 18.8 Å². The Labute approximate surface area is 137 Å². The van der Waals surface area contributed by atoms with E-state index in [-0.39, 0.29) is 11.9 Å². The van der Waals surface area contributed by atoms with Gasteiger partial charge in [0.25, 0.3) is 0 Å². The van der Waals surface area contributed by atoms with Crippen molar-refractivity contribution in [1.82, 2.24) is 0 Å². The monoisotopic (exact) mass is 309 g/mol. The van der Waals surface area contributed by atoms with Crippen LogP contribution in [0.4, 0.5) is 17.1 Å². The number of nitrogens with two attached hydrogens (primary N) is 1. The van der Waals surface area contributed by atoms with Crippen molar-refractivity contribution in [2.45, 2.75) is 32.2 Å². The van der Waals surface area contributed by atoms with Crippen LogP contribution in [0.25, 0.3) is 0 Å². The zero-order chi connectivity index (χ0) is 16.8. The van der Waals surface area contributed by atoms with Gasteiger partial charge in [-0.15, -0.1) is 0 Å². The minimum absolute atomic E-state index is 0.0974. The van der Waals surface area contributed by atoms with Crippen LogP contribution in [0.15, 0.2) is 42.5 Å². The summed E-state index contributed by atoms with van der Waals surface area (Å²) >= 11 is 0. The predicted octanol–water partition coefficient (Wildman–Crippen LogP) is 3.70. The van der Waals surface area contributed by atoms with Gasteiger partial charge in [0.2, 0.25) is 5.91 Å². The van der Waals surface area contributed by atoms with E-state index in [2.05, 4.69) is 24.4 Å². The second-order valence-electron chi connectivity index (χ2n) is 6.72. The Morgan fingerprint density at radius 2 is 1.83 bits per heavy atom. The molecular weight excluding hydrogens is 286 g/mol. The molecule has 0 saturated carbocycles. The molecule has 4 heteroatoms. The third-order valence-corrected chi connectivity index (χ3v) is 4.71. The average Bonchev–Trinajstić information content (AvgIpc) is 2.70. The minimum Gasteiger partial charge on any atom is -0.397 e. The molecule has 0 aromatic heterocycles. The Hall–Kier alpha value is -2.49. The van der Waals surface area contributed by atoms with Crippen molar-refractivity contribution in [3.8, 4) is 0 Å². The number of carbonyl (C=O) groups is 1. The van der Waals surface area contributed by atoms with E-state index >= 15 is 0 Å². The molecule has 1 atom stereocenters. The number of benzene rings is 2. The Kier molecular flexibility index (Phi) is 3.55. The second-order valence-corrected chi connectivity index (χ2v) is 6.72. The van der Waals surface area contributed by atoms with E-state index in [4.69, 9.17) is 5.73 Å². The fourth-order valence-corrected chi connectivity index (χ4v) is 3.21. The highest BCUT2D eigenvalue weighted by Crippen LogP contribution is 2.44. The molecule has 0 unspecified atom stereocenters. The van der Waals surface area contributed by atoms with Crippen molar-refractivity contribution >= 4 is 23.0 Å². The van der Waals surface area contributed by atoms with Gasteiger partial charge in [-0.2, -0.15) is 0 Å². The van der Waals surface area contributed by atoms with E-state index < -0.39 is 5.41 Å². The van der Waals surface area contributed by atoms with E-state index in [1.165, 1.54) is 5.56 Å². The third-order valence-electron chi connectivity index (χ3n) is 4.71. The van der Waals surface area contributed by atoms with E-state index in [9.17, 15) is 4.79 Å². The first-order valence-electron chi connectivity index (χ1n) is 7.86. The maximum absolute atomic E-state index is 12.4. The largest absolute Gasteiger partial charge is 0.397 e. The number of fused-ring (bicyclic) bond motifs is 1. The Morgan fingerprint density at radius 1 is 1.17 bits per heavy atom. The second kappa shape index (κ2) is 5.30. The normalized spacial score (nSPS) is 17.0. The van der Waals surface area contributed by atoms with Crippen LogP contribution in [-0.4, -0.2) is 13.0 Å². The summed E-state index contributed by atoms with van der Waals surface area (Å²) in [6.07, 6.45) is 0. The smallest absolute Gasteiger partial charge is 0.236 e. The van der Waals surface area contributed by atoms with Crippen LogP contribution in [0, 0.1) is 0 Å². The molecule has 3 rings (SSSR count). The van der Waals surface area contributed by atoms with Gasteiger partial charge in [0.1, 0.15) is 0 Å². The molecule has 0 aliphatic carbocycles. The number of carbonyl (C=O) groups excluding carboxylic acids is 1. The van der Waals surface area contributed by atoms with Crippen molar-refractivity contribution in [1.29, 1.82) is 0 Å². The van der Waals surface area contributed by atoms with Crippen molar-refractivity contribution in [2.75, 3.05) is 23.0 Å². The summed E-state index contributed by atoms with van der Waals surface area (Å²) in [4.78, 5) is 14.1. The molecule has 0 saturated heterocycles. The zero-order valence-electron chi connectivity index (χ0n) is 14.1. The Balaban J connectivity index is 1.96. The lowest BCUT2D eigenvalue weighted by Gasteiger charge is -2.20. The van der Waals surface area contributed by atoms with E-state index in [0.717, 1.165) is 16.9 Å². The maximum atomic E-state index is 12.4. The van der Waals surface area contributed by atoms with Crippen LogP contribution >= 0.6 is 0 Å². The molecule has 2 aromatic rings. The number of hydrogen-bond donors (Lipinski definition) is 2. The molecule has 4 nitrogen and oxygen atoms in total. The number of nitrogen functional groups attached to an aromatic ring is 1. The SMILES string of the molecule is C[C@H](Nc1cc2c(cc1N)C(C)(C)C(=O)N2C)c1ccccc1. The maximum Gasteiger partial charge on any atom is 0.236 e. The van der Waals surface area contributed by atoms with Crippen LogP contribution in [0.3, 0.4) is 0 Å². The van der Waals surface area contributed by atoms with Crippen molar-refractivity contribution in [3.63, 3.8) is 0 Å². The Bertz CT molecular complexity index is 753. The molecule has 2 aromatic carbocycles. The molecular formula is C19H23N3O. The lowest BCUT2D eigenvalue weighted by atomic mass is 9.86. The zero-order valence-corrected chi connectivity index (χ0v) is 14.1. The van der Waals surface area contributed by atoms with Crippen molar-refractivity contribution in [2.24, 2.45) is 0 Å². The summed E-state index contributed by atoms with van der Waals surface area (Å²) < 4.78 is 0. The van der Waals surface area contributed by atoms with E-state index in [1.54, 1.807) is 4.90 Å². The highest BCUT2D eigenvalue weighted by atomic mass is 16.2. The number of rotatable bonds is 3. The molecule has 1 amide bonds. The van der Waals surface area contributed by atoms with Gasteiger partial charge in [0.05, 0.1) is 16.8 Å². The van der Waals surface area contributed by atoms with Gasteiger partial charge in [-0.25, -0.2) is 0 Å². The summed E-state index contributed by atoms with van der Waals surface area (Å²) in [5, 5.41) is 3.46. The van der Waals surface area contributed by atoms with Gasteiger partial charge in [-0.1, -0.05) is 30.3 Å². The minimum atomic E-state index is -0.526. The van der Waals surface area contributed by atoms with Crippen molar-refractivity contribution < 1.29 is 4.79 Å². The molecule has 23 heavy (non-hydrogen) atoms. The summed E-state index contributed by atoms with van der Waals surface area (Å²) in [6.45, 7) is 5.98. The van der Waals surface area contributed by atoms with E-state index in [1.807, 2.05) is 51.2 Å². The molecule has 120 valence electrons. The van der Waals surface area contributed by atoms with E-state index in [0.29, 0.717) is 5.69 Å². The van der Waals surface area contributed by atoms with Gasteiger partial charge >= 0.3 is 0 Å². The fourth-order valence-electron chi connectivity index (χ4n) is 3.21. The molecule has 1 aliphatic rings. The van der Waals surface area contributed by atoms with Crippen LogP contribution in [0.5, 0.6) is 0 Å².